The van der Waals surface area contributed by atoms with Crippen LogP contribution in [0, 0.1) is 0 Å². The number of sulfone groups is 1. The molecule has 1 heterocycles. The summed E-state index contributed by atoms with van der Waals surface area (Å²) in [6.45, 7) is 0. The molecule has 0 amide bonds. The minimum absolute atomic E-state index is 0.211. The first kappa shape index (κ1) is 20.4. The minimum atomic E-state index is -3.60. The van der Waals surface area contributed by atoms with Gasteiger partial charge in [-0.2, -0.15) is 4.98 Å². The van der Waals surface area contributed by atoms with Gasteiger partial charge >= 0.3 is 0 Å². The van der Waals surface area contributed by atoms with Crippen LogP contribution in [0.3, 0.4) is 0 Å². The van der Waals surface area contributed by atoms with Crippen LogP contribution in [0.2, 0.25) is 0 Å². The van der Waals surface area contributed by atoms with E-state index < -0.39 is 9.84 Å². The molecular formula is C25H19N3O2S2. The van der Waals surface area contributed by atoms with Crippen LogP contribution in [0.4, 0.5) is 5.69 Å². The van der Waals surface area contributed by atoms with E-state index >= 15 is 0 Å². The highest BCUT2D eigenvalue weighted by atomic mass is 32.2. The summed E-state index contributed by atoms with van der Waals surface area (Å²) in [6, 6.07) is 32.0. The van der Waals surface area contributed by atoms with Crippen molar-refractivity contribution in [3.8, 4) is 11.4 Å². The minimum Gasteiger partial charge on any atom is -0.262 e. The lowest BCUT2D eigenvalue weighted by Gasteiger charge is -2.09. The lowest BCUT2D eigenvalue weighted by molar-refractivity contribution is 0.587. The summed E-state index contributed by atoms with van der Waals surface area (Å²) in [5.74, 6) is 0.368. The largest absolute Gasteiger partial charge is 0.262 e. The van der Waals surface area contributed by atoms with Gasteiger partial charge < -0.3 is 0 Å². The Morgan fingerprint density at radius 3 is 2.19 bits per heavy atom. The quantitative estimate of drug-likeness (QED) is 0.354. The maximum Gasteiger partial charge on any atom is 0.228 e. The third kappa shape index (κ3) is 4.26. The number of hydrogen-bond acceptors (Lipinski definition) is 5. The van der Waals surface area contributed by atoms with E-state index in [1.54, 1.807) is 16.1 Å². The highest BCUT2D eigenvalue weighted by Gasteiger charge is 2.20. The fraction of sp³-hybridized carbons (Fsp3) is 0.0400. The van der Waals surface area contributed by atoms with Crippen molar-refractivity contribution >= 4 is 37.8 Å². The second-order valence-corrected chi connectivity index (χ2v) is 10.2. The van der Waals surface area contributed by atoms with Gasteiger partial charge in [-0.25, -0.2) is 13.4 Å². The SMILES string of the molecule is O=S(=O)(Cn1sc(=Nc2ccccc2)nc1-c1ccccc1)c1ccc2ccccc2c1. The van der Waals surface area contributed by atoms with Gasteiger partial charge in [0, 0.05) is 5.56 Å². The van der Waals surface area contributed by atoms with E-state index in [1.165, 1.54) is 11.5 Å². The maximum absolute atomic E-state index is 13.3. The van der Waals surface area contributed by atoms with E-state index in [0.717, 1.165) is 22.0 Å². The Morgan fingerprint density at radius 1 is 0.781 bits per heavy atom. The summed E-state index contributed by atoms with van der Waals surface area (Å²) in [5, 5.41) is 1.90. The molecule has 0 aliphatic carbocycles. The van der Waals surface area contributed by atoms with Gasteiger partial charge in [0.25, 0.3) is 0 Å². The molecule has 5 aromatic rings. The van der Waals surface area contributed by atoms with Gasteiger partial charge in [0.2, 0.25) is 4.80 Å². The lowest BCUT2D eigenvalue weighted by atomic mass is 10.1. The highest BCUT2D eigenvalue weighted by molar-refractivity contribution is 7.90. The molecule has 0 bridgehead atoms. The molecule has 0 N–H and O–H groups in total. The predicted octanol–water partition coefficient (Wildman–Crippen LogP) is 5.43. The van der Waals surface area contributed by atoms with Crippen LogP contribution in [0.5, 0.6) is 0 Å². The molecule has 0 aliphatic rings. The fourth-order valence-corrected chi connectivity index (χ4v) is 5.93. The number of para-hydroxylation sites is 1. The van der Waals surface area contributed by atoms with Crippen LogP contribution in [-0.4, -0.2) is 17.4 Å². The molecule has 5 nitrogen and oxygen atoms in total. The zero-order chi connectivity index (χ0) is 22.0. The number of hydrogen-bond donors (Lipinski definition) is 0. The van der Waals surface area contributed by atoms with E-state index in [4.69, 9.17) is 0 Å². The van der Waals surface area contributed by atoms with Gasteiger partial charge in [-0.05, 0) is 46.6 Å². The van der Waals surface area contributed by atoms with E-state index in [1.807, 2.05) is 91.0 Å². The summed E-state index contributed by atoms with van der Waals surface area (Å²) in [4.78, 5) is 10.0. The van der Waals surface area contributed by atoms with Crippen molar-refractivity contribution in [3.63, 3.8) is 0 Å². The molecule has 0 aliphatic heterocycles. The second kappa shape index (κ2) is 8.53. The van der Waals surface area contributed by atoms with Gasteiger partial charge in [0.1, 0.15) is 5.88 Å². The molecule has 0 saturated heterocycles. The van der Waals surface area contributed by atoms with Gasteiger partial charge in [0.15, 0.2) is 15.7 Å². The van der Waals surface area contributed by atoms with Crippen LogP contribution in [0.15, 0.2) is 113 Å². The topological polar surface area (TPSA) is 64.3 Å². The Labute approximate surface area is 190 Å². The fourth-order valence-electron chi connectivity index (χ4n) is 3.44. The summed E-state index contributed by atoms with van der Waals surface area (Å²) < 4.78 is 28.3. The molecule has 0 saturated carbocycles. The maximum atomic E-state index is 13.3. The molecule has 4 aromatic carbocycles. The molecular weight excluding hydrogens is 438 g/mol. The molecule has 7 heteroatoms. The number of nitrogens with zero attached hydrogens (tertiary/aromatic N) is 3. The van der Waals surface area contributed by atoms with Gasteiger partial charge in [-0.15, -0.1) is 0 Å². The average Bonchev–Trinajstić information content (AvgIpc) is 3.21. The molecule has 0 radical (unpaired) electrons. The first-order chi connectivity index (χ1) is 15.6. The van der Waals surface area contributed by atoms with Crippen molar-refractivity contribution in [1.29, 1.82) is 0 Å². The number of aromatic nitrogens is 2. The van der Waals surface area contributed by atoms with Crippen molar-refractivity contribution < 1.29 is 8.42 Å². The predicted molar refractivity (Wildman–Crippen MR) is 128 cm³/mol. The Morgan fingerprint density at radius 2 is 1.44 bits per heavy atom. The van der Waals surface area contributed by atoms with Crippen molar-refractivity contribution in [2.45, 2.75) is 10.8 Å². The average molecular weight is 458 g/mol. The Hall–Kier alpha value is -3.55. The van der Waals surface area contributed by atoms with E-state index in [-0.39, 0.29) is 10.8 Å². The Bertz CT molecular complexity index is 1560. The summed E-state index contributed by atoms with van der Waals surface area (Å²) >= 11 is 1.23. The van der Waals surface area contributed by atoms with Crippen LogP contribution in [0.1, 0.15) is 0 Å². The monoisotopic (exact) mass is 457 g/mol. The van der Waals surface area contributed by atoms with E-state index in [0.29, 0.717) is 10.6 Å². The zero-order valence-corrected chi connectivity index (χ0v) is 18.6. The highest BCUT2D eigenvalue weighted by Crippen LogP contribution is 2.24. The normalized spacial score (nSPS) is 12.3. The molecule has 1 aromatic heterocycles. The second-order valence-electron chi connectivity index (χ2n) is 7.25. The smallest absolute Gasteiger partial charge is 0.228 e. The molecule has 0 fully saturated rings. The molecule has 0 spiro atoms. The van der Waals surface area contributed by atoms with Crippen LogP contribution in [-0.2, 0) is 15.7 Å². The Balaban J connectivity index is 1.59. The Kier molecular flexibility index (Phi) is 5.43. The van der Waals surface area contributed by atoms with Crippen LogP contribution >= 0.6 is 11.5 Å². The van der Waals surface area contributed by atoms with Gasteiger partial charge in [0.05, 0.1) is 10.6 Å². The van der Waals surface area contributed by atoms with Crippen molar-refractivity contribution in [2.24, 2.45) is 4.99 Å². The number of fused-ring (bicyclic) bond motifs is 1. The summed E-state index contributed by atoms with van der Waals surface area (Å²) in [5.41, 5.74) is 1.61. The molecule has 158 valence electrons. The lowest BCUT2D eigenvalue weighted by Crippen LogP contribution is -2.11. The summed E-state index contributed by atoms with van der Waals surface area (Å²) in [6.07, 6.45) is 0. The summed E-state index contributed by atoms with van der Waals surface area (Å²) in [7, 11) is -3.60. The van der Waals surface area contributed by atoms with Crippen LogP contribution in [0.25, 0.3) is 22.2 Å². The molecule has 0 atom stereocenters. The molecule has 32 heavy (non-hydrogen) atoms. The molecule has 0 unspecified atom stereocenters. The van der Waals surface area contributed by atoms with Crippen molar-refractivity contribution in [1.82, 2.24) is 8.94 Å². The van der Waals surface area contributed by atoms with E-state index in [2.05, 4.69) is 9.98 Å². The third-order valence-corrected chi connectivity index (χ3v) is 7.61. The van der Waals surface area contributed by atoms with Gasteiger partial charge in [-0.3, -0.25) is 3.96 Å². The number of benzene rings is 4. The van der Waals surface area contributed by atoms with Gasteiger partial charge in [-0.1, -0.05) is 78.9 Å². The van der Waals surface area contributed by atoms with Crippen LogP contribution < -0.4 is 4.80 Å². The standard InChI is InChI=1S/C25H19N3O2S2/c29-32(30,23-16-15-19-9-7-8-12-21(19)17-23)18-28-24(20-10-3-1-4-11-20)27-25(31-28)26-22-13-5-2-6-14-22/h1-17H,18H2. The zero-order valence-electron chi connectivity index (χ0n) is 17.0. The first-order valence-electron chi connectivity index (χ1n) is 10.0. The van der Waals surface area contributed by atoms with Crippen molar-refractivity contribution in [2.75, 3.05) is 0 Å². The third-order valence-electron chi connectivity index (χ3n) is 5.01. The first-order valence-corrected chi connectivity index (χ1v) is 12.5. The molecule has 5 rings (SSSR count). The number of rotatable bonds is 5. The van der Waals surface area contributed by atoms with Crippen molar-refractivity contribution in [3.05, 3.63) is 108 Å². The van der Waals surface area contributed by atoms with E-state index in [9.17, 15) is 8.42 Å².